The van der Waals surface area contributed by atoms with Crippen LogP contribution in [0.1, 0.15) is 9.67 Å². The number of halogens is 1. The third-order valence-corrected chi connectivity index (χ3v) is 3.57. The topological polar surface area (TPSA) is 44.1 Å². The van der Waals surface area contributed by atoms with Crippen LogP contribution in [0.4, 0.5) is 0 Å². The van der Waals surface area contributed by atoms with E-state index in [1.165, 1.54) is 18.4 Å². The number of aromatic nitrogens is 2. The van der Waals surface area contributed by atoms with Crippen LogP contribution < -0.4 is 0 Å². The Balaban J connectivity index is 2.38. The molecule has 6 heteroatoms. The third kappa shape index (κ3) is 2.03. The lowest BCUT2D eigenvalue weighted by Crippen LogP contribution is -1.96. The molecule has 4 nitrogen and oxygen atoms in total. The van der Waals surface area contributed by atoms with Gasteiger partial charge in [0, 0.05) is 7.05 Å². The van der Waals surface area contributed by atoms with Gasteiger partial charge in [0.2, 0.25) is 0 Å². The van der Waals surface area contributed by atoms with Crippen molar-refractivity contribution >= 4 is 33.2 Å². The van der Waals surface area contributed by atoms with Gasteiger partial charge in [-0.15, -0.1) is 11.3 Å². The molecule has 0 unspecified atom stereocenters. The summed E-state index contributed by atoms with van der Waals surface area (Å²) in [6.07, 6.45) is 0. The average molecular weight is 301 g/mol. The number of methoxy groups -OCH3 is 1. The van der Waals surface area contributed by atoms with Gasteiger partial charge in [0.15, 0.2) is 0 Å². The van der Waals surface area contributed by atoms with Crippen molar-refractivity contribution in [3.63, 3.8) is 0 Å². The number of hydrogen-bond donors (Lipinski definition) is 0. The lowest BCUT2D eigenvalue weighted by atomic mass is 10.3. The van der Waals surface area contributed by atoms with Crippen LogP contribution in [0.25, 0.3) is 10.6 Å². The van der Waals surface area contributed by atoms with Crippen molar-refractivity contribution in [1.29, 1.82) is 0 Å². The monoisotopic (exact) mass is 300 g/mol. The number of rotatable bonds is 2. The minimum Gasteiger partial charge on any atom is -0.465 e. The van der Waals surface area contributed by atoms with Gasteiger partial charge in [0.05, 0.1) is 17.7 Å². The molecule has 0 bridgehead atoms. The minimum absolute atomic E-state index is 0.308. The van der Waals surface area contributed by atoms with E-state index in [0.717, 1.165) is 15.2 Å². The number of carbonyl (C=O) groups is 1. The van der Waals surface area contributed by atoms with E-state index in [0.29, 0.717) is 4.88 Å². The van der Waals surface area contributed by atoms with Gasteiger partial charge in [0.1, 0.15) is 9.48 Å². The first-order valence-electron chi connectivity index (χ1n) is 4.50. The van der Waals surface area contributed by atoms with Gasteiger partial charge >= 0.3 is 5.97 Å². The first-order chi connectivity index (χ1) is 7.61. The molecule has 2 aromatic rings. The number of esters is 1. The molecule has 0 aromatic carbocycles. The van der Waals surface area contributed by atoms with Crippen LogP contribution in [-0.4, -0.2) is 22.9 Å². The van der Waals surface area contributed by atoms with Crippen LogP contribution in [0.3, 0.4) is 0 Å². The number of carbonyl (C=O) groups excluding carboxylic acids is 1. The number of aryl methyl sites for hydroxylation is 1. The molecule has 0 aliphatic heterocycles. The van der Waals surface area contributed by atoms with Crippen molar-refractivity contribution in [3.05, 3.63) is 27.7 Å². The predicted octanol–water partition coefficient (Wildman–Crippen LogP) is 2.70. The molecule has 0 atom stereocenters. The largest absolute Gasteiger partial charge is 0.465 e. The van der Waals surface area contributed by atoms with E-state index in [-0.39, 0.29) is 5.97 Å². The Morgan fingerprint density at radius 2 is 2.31 bits per heavy atom. The summed E-state index contributed by atoms with van der Waals surface area (Å²) in [7, 11) is 3.24. The minimum atomic E-state index is -0.308. The molecule has 0 saturated heterocycles. The molecule has 0 spiro atoms. The van der Waals surface area contributed by atoms with Crippen molar-refractivity contribution in [1.82, 2.24) is 9.78 Å². The van der Waals surface area contributed by atoms with E-state index in [2.05, 4.69) is 25.8 Å². The van der Waals surface area contributed by atoms with E-state index in [1.54, 1.807) is 10.7 Å². The Bertz CT molecular complexity index is 533. The molecule has 0 N–H and O–H groups in total. The molecular formula is C10H9BrN2O2S. The molecule has 16 heavy (non-hydrogen) atoms. The summed E-state index contributed by atoms with van der Waals surface area (Å²) in [6.45, 7) is 0. The zero-order chi connectivity index (χ0) is 11.7. The summed E-state index contributed by atoms with van der Waals surface area (Å²) in [5.74, 6) is -0.308. The Kier molecular flexibility index (Phi) is 3.11. The second-order valence-electron chi connectivity index (χ2n) is 3.13. The standard InChI is InChI=1S/C10H9BrN2O2S/c1-13-6(5-9(11)12-13)7-3-4-8(16-7)10(14)15-2/h3-5H,1-2H3. The van der Waals surface area contributed by atoms with E-state index < -0.39 is 0 Å². The number of ether oxygens (including phenoxy) is 1. The fraction of sp³-hybridized carbons (Fsp3) is 0.200. The first-order valence-corrected chi connectivity index (χ1v) is 6.11. The first kappa shape index (κ1) is 11.3. The zero-order valence-corrected chi connectivity index (χ0v) is 11.1. The van der Waals surface area contributed by atoms with Crippen molar-refractivity contribution < 1.29 is 9.53 Å². The fourth-order valence-electron chi connectivity index (χ4n) is 1.35. The number of thiophene rings is 1. The summed E-state index contributed by atoms with van der Waals surface area (Å²) < 4.78 is 7.20. The second kappa shape index (κ2) is 4.39. The molecule has 2 aromatic heterocycles. The van der Waals surface area contributed by atoms with Gasteiger partial charge in [-0.2, -0.15) is 5.10 Å². The molecular weight excluding hydrogens is 292 g/mol. The van der Waals surface area contributed by atoms with Gasteiger partial charge in [-0.3, -0.25) is 4.68 Å². The predicted molar refractivity (Wildman–Crippen MR) is 65.6 cm³/mol. The second-order valence-corrected chi connectivity index (χ2v) is 5.03. The highest BCUT2D eigenvalue weighted by atomic mass is 79.9. The van der Waals surface area contributed by atoms with Gasteiger partial charge in [-0.25, -0.2) is 4.79 Å². The van der Waals surface area contributed by atoms with Crippen LogP contribution in [0.15, 0.2) is 22.8 Å². The lowest BCUT2D eigenvalue weighted by molar-refractivity contribution is 0.0606. The molecule has 0 aliphatic carbocycles. The van der Waals surface area contributed by atoms with Crippen LogP contribution in [0.2, 0.25) is 0 Å². The van der Waals surface area contributed by atoms with Gasteiger partial charge in [0.25, 0.3) is 0 Å². The van der Waals surface area contributed by atoms with Crippen LogP contribution >= 0.6 is 27.3 Å². The highest BCUT2D eigenvalue weighted by molar-refractivity contribution is 9.10. The maximum Gasteiger partial charge on any atom is 0.348 e. The molecule has 0 radical (unpaired) electrons. The molecule has 84 valence electrons. The summed E-state index contributed by atoms with van der Waals surface area (Å²) in [5.41, 5.74) is 0.965. The van der Waals surface area contributed by atoms with E-state index in [9.17, 15) is 4.79 Å². The summed E-state index contributed by atoms with van der Waals surface area (Å²) in [4.78, 5) is 12.9. The van der Waals surface area contributed by atoms with Crippen molar-refractivity contribution in [2.45, 2.75) is 0 Å². The summed E-state index contributed by atoms with van der Waals surface area (Å²) in [6, 6.07) is 5.56. The van der Waals surface area contributed by atoms with Crippen LogP contribution in [-0.2, 0) is 11.8 Å². The van der Waals surface area contributed by atoms with Gasteiger partial charge < -0.3 is 4.74 Å². The summed E-state index contributed by atoms with van der Waals surface area (Å²) >= 11 is 4.70. The summed E-state index contributed by atoms with van der Waals surface area (Å²) in [5, 5.41) is 4.19. The maximum atomic E-state index is 11.3. The molecule has 0 aliphatic rings. The lowest BCUT2D eigenvalue weighted by Gasteiger charge is -1.96. The van der Waals surface area contributed by atoms with E-state index in [4.69, 9.17) is 0 Å². The molecule has 2 rings (SSSR count). The number of nitrogens with zero attached hydrogens (tertiary/aromatic N) is 2. The van der Waals surface area contributed by atoms with Crippen LogP contribution in [0.5, 0.6) is 0 Å². The average Bonchev–Trinajstić information content (AvgIpc) is 2.83. The number of hydrogen-bond acceptors (Lipinski definition) is 4. The Hall–Kier alpha value is -1.14. The Morgan fingerprint density at radius 1 is 1.56 bits per heavy atom. The normalized spacial score (nSPS) is 10.4. The third-order valence-electron chi connectivity index (χ3n) is 2.10. The molecule has 0 amide bonds. The zero-order valence-electron chi connectivity index (χ0n) is 8.73. The maximum absolute atomic E-state index is 11.3. The van der Waals surface area contributed by atoms with Gasteiger partial charge in [-0.1, -0.05) is 0 Å². The Labute approximate surface area is 105 Å². The van der Waals surface area contributed by atoms with Crippen molar-refractivity contribution in [2.75, 3.05) is 7.11 Å². The SMILES string of the molecule is COC(=O)c1ccc(-c2cc(Br)nn2C)s1. The smallest absolute Gasteiger partial charge is 0.348 e. The highest BCUT2D eigenvalue weighted by Crippen LogP contribution is 2.29. The quantitative estimate of drug-likeness (QED) is 0.801. The fourth-order valence-corrected chi connectivity index (χ4v) is 2.77. The van der Waals surface area contributed by atoms with Gasteiger partial charge in [-0.05, 0) is 34.1 Å². The van der Waals surface area contributed by atoms with Crippen molar-refractivity contribution in [3.8, 4) is 10.6 Å². The highest BCUT2D eigenvalue weighted by Gasteiger charge is 2.12. The van der Waals surface area contributed by atoms with E-state index >= 15 is 0 Å². The Morgan fingerprint density at radius 3 is 2.88 bits per heavy atom. The van der Waals surface area contributed by atoms with Crippen molar-refractivity contribution in [2.24, 2.45) is 7.05 Å². The molecule has 0 fully saturated rings. The molecule has 2 heterocycles. The molecule has 0 saturated carbocycles. The van der Waals surface area contributed by atoms with Crippen LogP contribution in [0, 0.1) is 0 Å². The van der Waals surface area contributed by atoms with E-state index in [1.807, 2.05) is 19.2 Å².